The molecule has 104 valence electrons. The number of hydrogen-bond acceptors (Lipinski definition) is 6. The SMILES string of the molecule is CSc1nn(-c2ccccc2[N+](=O)[O-])c(N)c1C(=O)O. The van der Waals surface area contributed by atoms with E-state index in [0.29, 0.717) is 0 Å². The average Bonchev–Trinajstić information content (AvgIpc) is 2.75. The zero-order chi connectivity index (χ0) is 14.9. The van der Waals surface area contributed by atoms with Crippen molar-refractivity contribution in [2.24, 2.45) is 0 Å². The van der Waals surface area contributed by atoms with Gasteiger partial charge in [-0.05, 0) is 12.3 Å². The summed E-state index contributed by atoms with van der Waals surface area (Å²) in [5, 5.41) is 24.4. The molecule has 0 aliphatic heterocycles. The Labute approximate surface area is 117 Å². The van der Waals surface area contributed by atoms with Crippen molar-refractivity contribution in [2.45, 2.75) is 5.03 Å². The monoisotopic (exact) mass is 294 g/mol. The van der Waals surface area contributed by atoms with Crippen LogP contribution in [0.4, 0.5) is 11.5 Å². The van der Waals surface area contributed by atoms with Crippen LogP contribution < -0.4 is 5.73 Å². The van der Waals surface area contributed by atoms with Crippen LogP contribution in [0.25, 0.3) is 5.69 Å². The second-order valence-corrected chi connectivity index (χ2v) is 4.53. The maximum Gasteiger partial charge on any atom is 0.342 e. The lowest BCUT2D eigenvalue weighted by Crippen LogP contribution is -2.07. The number of nitro groups is 1. The second-order valence-electron chi connectivity index (χ2n) is 3.73. The van der Waals surface area contributed by atoms with Crippen LogP contribution in [0, 0.1) is 10.1 Å². The first-order valence-electron chi connectivity index (χ1n) is 5.37. The summed E-state index contributed by atoms with van der Waals surface area (Å²) in [5.41, 5.74) is 5.53. The molecule has 0 aliphatic carbocycles. The number of benzene rings is 1. The quantitative estimate of drug-likeness (QED) is 0.500. The third-order valence-corrected chi connectivity index (χ3v) is 3.28. The van der Waals surface area contributed by atoms with Crippen molar-refractivity contribution in [3.8, 4) is 5.69 Å². The van der Waals surface area contributed by atoms with Gasteiger partial charge in [0.15, 0.2) is 0 Å². The van der Waals surface area contributed by atoms with Crippen molar-refractivity contribution >= 4 is 29.2 Å². The number of carbonyl (C=O) groups is 1. The Kier molecular flexibility index (Phi) is 3.61. The van der Waals surface area contributed by atoms with E-state index in [1.807, 2.05) is 0 Å². The van der Waals surface area contributed by atoms with Gasteiger partial charge < -0.3 is 10.8 Å². The van der Waals surface area contributed by atoms with Crippen LogP contribution in [0.1, 0.15) is 10.4 Å². The first-order chi connectivity index (χ1) is 9.47. The van der Waals surface area contributed by atoms with Crippen LogP contribution in [-0.2, 0) is 0 Å². The lowest BCUT2D eigenvalue weighted by Gasteiger charge is -2.04. The third kappa shape index (κ3) is 2.18. The minimum absolute atomic E-state index is 0.123. The normalized spacial score (nSPS) is 10.4. The summed E-state index contributed by atoms with van der Waals surface area (Å²) in [4.78, 5) is 21.6. The zero-order valence-corrected chi connectivity index (χ0v) is 11.1. The summed E-state index contributed by atoms with van der Waals surface area (Å²) < 4.78 is 1.08. The van der Waals surface area contributed by atoms with Gasteiger partial charge in [-0.3, -0.25) is 10.1 Å². The molecule has 20 heavy (non-hydrogen) atoms. The molecule has 0 saturated carbocycles. The van der Waals surface area contributed by atoms with Gasteiger partial charge in [0.1, 0.15) is 22.1 Å². The van der Waals surface area contributed by atoms with Crippen LogP contribution in [0.15, 0.2) is 29.3 Å². The van der Waals surface area contributed by atoms with Crippen molar-refractivity contribution in [1.29, 1.82) is 0 Å². The summed E-state index contributed by atoms with van der Waals surface area (Å²) in [6.07, 6.45) is 1.65. The van der Waals surface area contributed by atoms with E-state index in [-0.39, 0.29) is 27.8 Å². The van der Waals surface area contributed by atoms with Gasteiger partial charge in [0.05, 0.1) is 4.92 Å². The molecule has 0 fully saturated rings. The van der Waals surface area contributed by atoms with Gasteiger partial charge in [0.25, 0.3) is 5.69 Å². The smallest absolute Gasteiger partial charge is 0.342 e. The van der Waals surface area contributed by atoms with E-state index >= 15 is 0 Å². The Morgan fingerprint density at radius 1 is 1.50 bits per heavy atom. The minimum Gasteiger partial charge on any atom is -0.477 e. The third-order valence-electron chi connectivity index (χ3n) is 2.60. The maximum absolute atomic E-state index is 11.2. The Morgan fingerprint density at radius 2 is 2.15 bits per heavy atom. The number of hydrogen-bond donors (Lipinski definition) is 2. The fourth-order valence-corrected chi connectivity index (χ4v) is 2.29. The highest BCUT2D eigenvalue weighted by molar-refractivity contribution is 7.98. The number of nitro benzene ring substituents is 1. The summed E-state index contributed by atoms with van der Waals surface area (Å²) >= 11 is 1.11. The number of rotatable bonds is 4. The van der Waals surface area contributed by atoms with Gasteiger partial charge in [0, 0.05) is 6.07 Å². The highest BCUT2D eigenvalue weighted by atomic mass is 32.2. The van der Waals surface area contributed by atoms with Crippen molar-refractivity contribution < 1.29 is 14.8 Å². The molecule has 0 saturated heterocycles. The van der Waals surface area contributed by atoms with Gasteiger partial charge in [-0.25, -0.2) is 9.48 Å². The molecule has 1 aromatic heterocycles. The molecular weight excluding hydrogens is 284 g/mol. The van der Waals surface area contributed by atoms with Gasteiger partial charge in [-0.2, -0.15) is 5.10 Å². The molecule has 1 heterocycles. The van der Waals surface area contributed by atoms with Crippen LogP contribution in [0.5, 0.6) is 0 Å². The number of aromatic carboxylic acids is 1. The zero-order valence-electron chi connectivity index (χ0n) is 10.3. The van der Waals surface area contributed by atoms with Crippen LogP contribution in [0.3, 0.4) is 0 Å². The van der Waals surface area contributed by atoms with Crippen molar-refractivity contribution in [3.63, 3.8) is 0 Å². The summed E-state index contributed by atoms with van der Waals surface area (Å²) in [6, 6.07) is 5.85. The predicted molar refractivity (Wildman–Crippen MR) is 73.4 cm³/mol. The van der Waals surface area contributed by atoms with Gasteiger partial charge in [0.2, 0.25) is 0 Å². The van der Waals surface area contributed by atoms with Gasteiger partial charge in [-0.1, -0.05) is 12.1 Å². The molecule has 0 bridgehead atoms. The number of carboxylic acids is 1. The average molecular weight is 294 g/mol. The molecule has 3 N–H and O–H groups in total. The Hall–Kier alpha value is -2.55. The first-order valence-corrected chi connectivity index (χ1v) is 6.59. The van der Waals surface area contributed by atoms with E-state index in [1.54, 1.807) is 12.3 Å². The number of aromatic nitrogens is 2. The van der Waals surface area contributed by atoms with E-state index < -0.39 is 10.9 Å². The van der Waals surface area contributed by atoms with Crippen LogP contribution in [-0.4, -0.2) is 32.0 Å². The highest BCUT2D eigenvalue weighted by Gasteiger charge is 2.25. The Morgan fingerprint density at radius 3 is 2.65 bits per heavy atom. The number of nitrogens with zero attached hydrogens (tertiary/aromatic N) is 3. The van der Waals surface area contributed by atoms with E-state index in [4.69, 9.17) is 10.8 Å². The summed E-state index contributed by atoms with van der Waals surface area (Å²) in [7, 11) is 0. The predicted octanol–water partition coefficient (Wildman–Crippen LogP) is 1.78. The Bertz CT molecular complexity index is 698. The molecule has 0 spiro atoms. The topological polar surface area (TPSA) is 124 Å². The van der Waals surface area contributed by atoms with Crippen LogP contribution >= 0.6 is 11.8 Å². The van der Waals surface area contributed by atoms with E-state index in [9.17, 15) is 14.9 Å². The van der Waals surface area contributed by atoms with Crippen molar-refractivity contribution in [2.75, 3.05) is 12.0 Å². The number of anilines is 1. The number of carboxylic acid groups (broad SMARTS) is 1. The fourth-order valence-electron chi connectivity index (χ4n) is 1.74. The van der Waals surface area contributed by atoms with Crippen molar-refractivity contribution in [3.05, 3.63) is 39.9 Å². The molecule has 8 nitrogen and oxygen atoms in total. The van der Waals surface area contributed by atoms with Gasteiger partial charge >= 0.3 is 5.97 Å². The van der Waals surface area contributed by atoms with Crippen LogP contribution in [0.2, 0.25) is 0 Å². The molecule has 0 amide bonds. The molecule has 9 heteroatoms. The fraction of sp³-hybridized carbons (Fsp3) is 0.0909. The lowest BCUT2D eigenvalue weighted by atomic mass is 10.2. The lowest BCUT2D eigenvalue weighted by molar-refractivity contribution is -0.384. The number of nitrogens with two attached hydrogens (primary N) is 1. The van der Waals surface area contributed by atoms with Crippen molar-refractivity contribution in [1.82, 2.24) is 9.78 Å². The van der Waals surface area contributed by atoms with E-state index in [2.05, 4.69) is 5.10 Å². The first kappa shape index (κ1) is 13.9. The van der Waals surface area contributed by atoms with Gasteiger partial charge in [-0.15, -0.1) is 11.8 Å². The standard InChI is InChI=1S/C11H10N4O4S/c1-20-10-8(11(16)17)9(12)14(13-10)6-4-2-3-5-7(6)15(18)19/h2-5H,12H2,1H3,(H,16,17). The van der Waals surface area contributed by atoms with E-state index in [0.717, 1.165) is 16.4 Å². The summed E-state index contributed by atoms with van der Waals surface area (Å²) in [6.45, 7) is 0. The molecule has 1 aromatic carbocycles. The second kappa shape index (κ2) is 5.21. The molecular formula is C11H10N4O4S. The minimum atomic E-state index is -1.23. The molecule has 0 aliphatic rings. The number of nitrogen functional groups attached to an aromatic ring is 1. The largest absolute Gasteiger partial charge is 0.477 e. The van der Waals surface area contributed by atoms with E-state index in [1.165, 1.54) is 18.2 Å². The molecule has 0 unspecified atom stereocenters. The Balaban J connectivity index is 2.72. The maximum atomic E-state index is 11.2. The molecule has 2 aromatic rings. The number of para-hydroxylation sites is 2. The molecule has 0 atom stereocenters. The number of thioether (sulfide) groups is 1. The molecule has 0 radical (unpaired) electrons. The molecule has 2 rings (SSSR count). The summed E-state index contributed by atoms with van der Waals surface area (Å²) in [5.74, 6) is -1.37. The highest BCUT2D eigenvalue weighted by Crippen LogP contribution is 2.30.